The van der Waals surface area contributed by atoms with Gasteiger partial charge in [-0.2, -0.15) is 0 Å². The van der Waals surface area contributed by atoms with Crippen molar-refractivity contribution in [2.24, 2.45) is 11.8 Å². The van der Waals surface area contributed by atoms with Crippen LogP contribution in [-0.2, 0) is 0 Å². The van der Waals surface area contributed by atoms with E-state index in [2.05, 4.69) is 13.8 Å². The lowest BCUT2D eigenvalue weighted by atomic mass is 10.2. The van der Waals surface area contributed by atoms with Crippen LogP contribution in [0.5, 0.6) is 0 Å². The van der Waals surface area contributed by atoms with Crippen LogP contribution in [0.15, 0.2) is 0 Å². The van der Waals surface area contributed by atoms with E-state index in [1.165, 1.54) is 19.3 Å². The molecule has 2 atom stereocenters. The van der Waals surface area contributed by atoms with Gasteiger partial charge in [0.15, 0.2) is 0 Å². The van der Waals surface area contributed by atoms with Crippen LogP contribution in [0.3, 0.4) is 0 Å². The summed E-state index contributed by atoms with van der Waals surface area (Å²) in [5.74, 6) is 2.19. The molecule has 0 bridgehead atoms. The molecule has 0 heterocycles. The van der Waals surface area contributed by atoms with Crippen molar-refractivity contribution in [2.45, 2.75) is 47.0 Å². The van der Waals surface area contributed by atoms with Gasteiger partial charge in [0.25, 0.3) is 0 Å². The fraction of sp³-hybridized carbons (Fsp3) is 1.00. The lowest BCUT2D eigenvalue weighted by molar-refractivity contribution is 0.659. The molecule has 0 aromatic heterocycles. The van der Waals surface area contributed by atoms with E-state index < -0.39 is 0 Å². The second-order valence-corrected chi connectivity index (χ2v) is 2.76. The van der Waals surface area contributed by atoms with Gasteiger partial charge in [0.05, 0.1) is 0 Å². The smallest absolute Gasteiger partial charge is 0.0386 e. The minimum absolute atomic E-state index is 1.07. The minimum Gasteiger partial charge on any atom is -0.0683 e. The molecule has 1 saturated carbocycles. The molecular weight excluding hydrogens is 108 g/mol. The average Bonchev–Trinajstić information content (AvgIpc) is 2.54. The third-order valence-corrected chi connectivity index (χ3v) is 1.94. The summed E-state index contributed by atoms with van der Waals surface area (Å²) in [7, 11) is 0. The molecule has 0 amide bonds. The van der Waals surface area contributed by atoms with Crippen LogP contribution in [0.25, 0.3) is 0 Å². The highest BCUT2D eigenvalue weighted by molar-refractivity contribution is 4.81. The maximum Gasteiger partial charge on any atom is -0.0386 e. The molecule has 0 N–H and O–H groups in total. The molecular formula is C9H20. The SMILES string of the molecule is CC.CCCC1CC1C. The Kier molecular flexibility index (Phi) is 4.84. The van der Waals surface area contributed by atoms with Crippen molar-refractivity contribution in [3.05, 3.63) is 0 Å². The van der Waals surface area contributed by atoms with Crippen molar-refractivity contribution in [1.29, 1.82) is 0 Å². The summed E-state index contributed by atoms with van der Waals surface area (Å²) in [6.45, 7) is 8.62. The highest BCUT2D eigenvalue weighted by Gasteiger charge is 2.30. The van der Waals surface area contributed by atoms with Crippen molar-refractivity contribution >= 4 is 0 Å². The Morgan fingerprint density at radius 2 is 1.78 bits per heavy atom. The van der Waals surface area contributed by atoms with Crippen molar-refractivity contribution in [2.75, 3.05) is 0 Å². The summed E-state index contributed by atoms with van der Waals surface area (Å²) in [5, 5.41) is 0. The molecule has 0 aromatic rings. The second-order valence-electron chi connectivity index (χ2n) is 2.76. The van der Waals surface area contributed by atoms with Gasteiger partial charge < -0.3 is 0 Å². The van der Waals surface area contributed by atoms with Crippen LogP contribution in [0, 0.1) is 11.8 Å². The first kappa shape index (κ1) is 9.00. The van der Waals surface area contributed by atoms with E-state index in [9.17, 15) is 0 Å². The maximum absolute atomic E-state index is 2.35. The monoisotopic (exact) mass is 128 g/mol. The molecule has 1 rings (SSSR count). The summed E-state index contributed by atoms with van der Waals surface area (Å²) >= 11 is 0. The summed E-state index contributed by atoms with van der Waals surface area (Å²) in [6, 6.07) is 0. The molecule has 1 fully saturated rings. The van der Waals surface area contributed by atoms with Crippen LogP contribution in [0.4, 0.5) is 0 Å². The van der Waals surface area contributed by atoms with Crippen LogP contribution in [0.2, 0.25) is 0 Å². The Labute approximate surface area is 59.7 Å². The maximum atomic E-state index is 2.35. The van der Waals surface area contributed by atoms with Crippen molar-refractivity contribution in [3.63, 3.8) is 0 Å². The van der Waals surface area contributed by atoms with Crippen LogP contribution in [-0.4, -0.2) is 0 Å². The summed E-state index contributed by atoms with van der Waals surface area (Å²) in [5.41, 5.74) is 0. The predicted octanol–water partition coefficient (Wildman–Crippen LogP) is 3.47. The highest BCUT2D eigenvalue weighted by atomic mass is 14.4. The van der Waals surface area contributed by atoms with E-state index >= 15 is 0 Å². The van der Waals surface area contributed by atoms with E-state index in [0.717, 1.165) is 11.8 Å². The number of hydrogen-bond acceptors (Lipinski definition) is 0. The van der Waals surface area contributed by atoms with Crippen molar-refractivity contribution in [3.8, 4) is 0 Å². The normalized spacial score (nSPS) is 30.7. The van der Waals surface area contributed by atoms with Gasteiger partial charge in [0.1, 0.15) is 0 Å². The molecule has 0 nitrogen and oxygen atoms in total. The number of hydrogen-bond donors (Lipinski definition) is 0. The topological polar surface area (TPSA) is 0 Å². The first-order valence-corrected chi connectivity index (χ1v) is 4.34. The standard InChI is InChI=1S/C7H14.C2H6/c1-3-4-7-5-6(7)2;1-2/h6-7H,3-5H2,1-2H3;1-2H3. The Morgan fingerprint density at radius 1 is 1.33 bits per heavy atom. The molecule has 0 saturated heterocycles. The van der Waals surface area contributed by atoms with Gasteiger partial charge in [0, 0.05) is 0 Å². The minimum atomic E-state index is 1.07. The summed E-state index contributed by atoms with van der Waals surface area (Å²) in [4.78, 5) is 0. The predicted molar refractivity (Wildman–Crippen MR) is 43.5 cm³/mol. The van der Waals surface area contributed by atoms with Crippen molar-refractivity contribution in [1.82, 2.24) is 0 Å². The third kappa shape index (κ3) is 3.56. The lowest BCUT2D eigenvalue weighted by Crippen LogP contribution is -1.74. The first-order valence-electron chi connectivity index (χ1n) is 4.34. The summed E-state index contributed by atoms with van der Waals surface area (Å²) in [6.07, 6.45) is 4.37. The van der Waals surface area contributed by atoms with E-state index in [1.807, 2.05) is 13.8 Å². The zero-order valence-electron chi connectivity index (χ0n) is 7.28. The lowest BCUT2D eigenvalue weighted by Gasteiger charge is -1.86. The molecule has 0 radical (unpaired) electrons. The van der Waals surface area contributed by atoms with Gasteiger partial charge in [0.2, 0.25) is 0 Å². The molecule has 0 heteroatoms. The van der Waals surface area contributed by atoms with E-state index in [-0.39, 0.29) is 0 Å². The van der Waals surface area contributed by atoms with Gasteiger partial charge in [-0.15, -0.1) is 0 Å². The average molecular weight is 128 g/mol. The van der Waals surface area contributed by atoms with Gasteiger partial charge in [-0.1, -0.05) is 40.5 Å². The molecule has 2 unspecified atom stereocenters. The second kappa shape index (κ2) is 4.84. The molecule has 1 aliphatic rings. The zero-order chi connectivity index (χ0) is 7.28. The first-order chi connectivity index (χ1) is 4.34. The Hall–Kier alpha value is 0. The quantitative estimate of drug-likeness (QED) is 0.534. The Morgan fingerprint density at radius 3 is 1.89 bits per heavy atom. The molecule has 1 aliphatic carbocycles. The van der Waals surface area contributed by atoms with Crippen LogP contribution in [0.1, 0.15) is 47.0 Å². The van der Waals surface area contributed by atoms with Crippen LogP contribution < -0.4 is 0 Å². The molecule has 9 heavy (non-hydrogen) atoms. The molecule has 56 valence electrons. The van der Waals surface area contributed by atoms with E-state index in [4.69, 9.17) is 0 Å². The Bertz CT molecular complexity index is 57.1. The largest absolute Gasteiger partial charge is 0.0683 e. The Balaban J connectivity index is 0.000000291. The highest BCUT2D eigenvalue weighted by Crippen LogP contribution is 2.40. The molecule has 0 aliphatic heterocycles. The van der Waals surface area contributed by atoms with Gasteiger partial charge in [-0.25, -0.2) is 0 Å². The van der Waals surface area contributed by atoms with Crippen molar-refractivity contribution < 1.29 is 0 Å². The van der Waals surface area contributed by atoms with Gasteiger partial charge in [-0.05, 0) is 18.3 Å². The van der Waals surface area contributed by atoms with E-state index in [0.29, 0.717) is 0 Å². The summed E-state index contributed by atoms with van der Waals surface area (Å²) < 4.78 is 0. The van der Waals surface area contributed by atoms with Gasteiger partial charge in [-0.3, -0.25) is 0 Å². The van der Waals surface area contributed by atoms with E-state index in [1.54, 1.807) is 0 Å². The van der Waals surface area contributed by atoms with Gasteiger partial charge >= 0.3 is 0 Å². The van der Waals surface area contributed by atoms with Crippen LogP contribution >= 0.6 is 0 Å². The third-order valence-electron chi connectivity index (χ3n) is 1.94. The fourth-order valence-corrected chi connectivity index (χ4v) is 1.17. The number of rotatable bonds is 2. The molecule has 0 aromatic carbocycles. The fourth-order valence-electron chi connectivity index (χ4n) is 1.17. The zero-order valence-corrected chi connectivity index (χ0v) is 7.28. The molecule has 0 spiro atoms.